The van der Waals surface area contributed by atoms with E-state index in [-0.39, 0.29) is 5.92 Å². The van der Waals surface area contributed by atoms with Gasteiger partial charge in [-0.1, -0.05) is 37.3 Å². The van der Waals surface area contributed by atoms with Gasteiger partial charge in [-0.25, -0.2) is 0 Å². The Labute approximate surface area is 147 Å². The second kappa shape index (κ2) is 6.58. The summed E-state index contributed by atoms with van der Waals surface area (Å²) in [7, 11) is 3.07. The number of benzene rings is 2. The van der Waals surface area contributed by atoms with Crippen molar-refractivity contribution in [3.8, 4) is 17.2 Å². The summed E-state index contributed by atoms with van der Waals surface area (Å²) < 4.78 is 16.8. The summed E-state index contributed by atoms with van der Waals surface area (Å²) in [6.07, 6.45) is -1.72. The Morgan fingerprint density at radius 3 is 2.40 bits per heavy atom. The van der Waals surface area contributed by atoms with E-state index in [2.05, 4.69) is 0 Å². The number of hydrogen-bond donors (Lipinski definition) is 2. The average Bonchev–Trinajstić information content (AvgIpc) is 2.63. The van der Waals surface area contributed by atoms with Crippen molar-refractivity contribution in [2.75, 3.05) is 14.2 Å². The molecular weight excluding hydrogens is 320 g/mol. The molecular formula is C20H24O5. The van der Waals surface area contributed by atoms with Crippen LogP contribution in [0.3, 0.4) is 0 Å². The molecule has 1 heterocycles. The van der Waals surface area contributed by atoms with Crippen LogP contribution in [0.5, 0.6) is 17.2 Å². The topological polar surface area (TPSA) is 68.2 Å². The van der Waals surface area contributed by atoms with Gasteiger partial charge in [-0.15, -0.1) is 0 Å². The molecule has 0 amide bonds. The number of fused-ring (bicyclic) bond motifs is 1. The lowest BCUT2D eigenvalue weighted by atomic mass is 9.78. The zero-order chi connectivity index (χ0) is 18.2. The van der Waals surface area contributed by atoms with Gasteiger partial charge in [0, 0.05) is 18.1 Å². The highest BCUT2D eigenvalue weighted by Gasteiger charge is 2.49. The SMILES string of the molecule is COc1cc(OC)c2c(c1)O[C@@H]([C@@H](C)c1ccccc1)C(O)[C@]2(C)O. The summed E-state index contributed by atoms with van der Waals surface area (Å²) in [6.45, 7) is 3.56. The number of methoxy groups -OCH3 is 2. The smallest absolute Gasteiger partial charge is 0.134 e. The lowest BCUT2D eigenvalue weighted by molar-refractivity contribution is -0.136. The monoisotopic (exact) mass is 344 g/mol. The molecule has 1 aliphatic rings. The zero-order valence-corrected chi connectivity index (χ0v) is 14.9. The van der Waals surface area contributed by atoms with Crippen molar-refractivity contribution in [2.45, 2.75) is 37.6 Å². The van der Waals surface area contributed by atoms with Gasteiger partial charge in [0.05, 0.1) is 19.8 Å². The Hall–Kier alpha value is -2.24. The first-order chi connectivity index (χ1) is 11.9. The number of aliphatic hydroxyl groups excluding tert-OH is 1. The van der Waals surface area contributed by atoms with Gasteiger partial charge in [0.1, 0.15) is 35.1 Å². The predicted molar refractivity (Wildman–Crippen MR) is 94.4 cm³/mol. The molecule has 25 heavy (non-hydrogen) atoms. The van der Waals surface area contributed by atoms with E-state index in [1.165, 1.54) is 7.11 Å². The highest BCUT2D eigenvalue weighted by molar-refractivity contribution is 5.55. The fourth-order valence-corrected chi connectivity index (χ4v) is 3.44. The maximum absolute atomic E-state index is 11.1. The van der Waals surface area contributed by atoms with Gasteiger partial charge >= 0.3 is 0 Å². The van der Waals surface area contributed by atoms with Gasteiger partial charge < -0.3 is 24.4 Å². The minimum Gasteiger partial charge on any atom is -0.496 e. The summed E-state index contributed by atoms with van der Waals surface area (Å²) in [5.41, 5.74) is -0.0562. The molecule has 0 aliphatic carbocycles. The second-order valence-electron chi connectivity index (χ2n) is 6.58. The molecule has 2 aromatic rings. The van der Waals surface area contributed by atoms with Crippen molar-refractivity contribution >= 4 is 0 Å². The van der Waals surface area contributed by atoms with E-state index in [0.717, 1.165) is 5.56 Å². The maximum Gasteiger partial charge on any atom is 0.134 e. The van der Waals surface area contributed by atoms with Crippen molar-refractivity contribution < 1.29 is 24.4 Å². The second-order valence-corrected chi connectivity index (χ2v) is 6.58. The van der Waals surface area contributed by atoms with Crippen LogP contribution in [0.4, 0.5) is 0 Å². The molecule has 0 bridgehead atoms. The Kier molecular flexibility index (Phi) is 4.62. The standard InChI is InChI=1S/C20H24O5/c1-12(13-8-6-5-7-9-13)18-19(21)20(2,22)17-15(24-4)10-14(23-3)11-16(17)25-18/h5-12,18-19,21-22H,1-4H3/t12-,18-,19?,20+/m0/s1. The fourth-order valence-electron chi connectivity index (χ4n) is 3.44. The summed E-state index contributed by atoms with van der Waals surface area (Å²) in [5, 5.41) is 21.9. The van der Waals surface area contributed by atoms with Crippen molar-refractivity contribution in [3.63, 3.8) is 0 Å². The lowest BCUT2D eigenvalue weighted by Gasteiger charge is -2.43. The van der Waals surface area contributed by atoms with E-state index in [1.807, 2.05) is 37.3 Å². The van der Waals surface area contributed by atoms with Crippen LogP contribution in [-0.4, -0.2) is 36.6 Å². The summed E-state index contributed by atoms with van der Waals surface area (Å²) >= 11 is 0. The molecule has 4 atom stereocenters. The van der Waals surface area contributed by atoms with Gasteiger partial charge in [-0.05, 0) is 12.5 Å². The number of aliphatic hydroxyl groups is 2. The Morgan fingerprint density at radius 2 is 1.80 bits per heavy atom. The molecule has 2 aromatic carbocycles. The van der Waals surface area contributed by atoms with E-state index in [9.17, 15) is 10.2 Å². The van der Waals surface area contributed by atoms with Gasteiger partial charge in [-0.2, -0.15) is 0 Å². The first kappa shape index (κ1) is 17.6. The molecule has 0 aromatic heterocycles. The van der Waals surface area contributed by atoms with E-state index < -0.39 is 17.8 Å². The van der Waals surface area contributed by atoms with Crippen LogP contribution in [0.15, 0.2) is 42.5 Å². The molecule has 5 heteroatoms. The zero-order valence-electron chi connectivity index (χ0n) is 14.9. The van der Waals surface area contributed by atoms with Crippen molar-refractivity contribution in [2.24, 2.45) is 0 Å². The Morgan fingerprint density at radius 1 is 1.12 bits per heavy atom. The maximum atomic E-state index is 11.1. The van der Waals surface area contributed by atoms with E-state index in [4.69, 9.17) is 14.2 Å². The largest absolute Gasteiger partial charge is 0.496 e. The average molecular weight is 344 g/mol. The third-order valence-corrected chi connectivity index (χ3v) is 4.97. The minimum absolute atomic E-state index is 0.118. The summed E-state index contributed by atoms with van der Waals surface area (Å²) in [6, 6.07) is 13.2. The lowest BCUT2D eigenvalue weighted by Crippen LogP contribution is -2.52. The van der Waals surface area contributed by atoms with Crippen molar-refractivity contribution in [1.29, 1.82) is 0 Å². The van der Waals surface area contributed by atoms with Gasteiger partial charge in [0.25, 0.3) is 0 Å². The van der Waals surface area contributed by atoms with E-state index in [1.54, 1.807) is 26.2 Å². The molecule has 5 nitrogen and oxygen atoms in total. The van der Waals surface area contributed by atoms with E-state index >= 15 is 0 Å². The molecule has 2 N–H and O–H groups in total. The molecule has 0 radical (unpaired) electrons. The number of ether oxygens (including phenoxy) is 3. The molecule has 1 unspecified atom stereocenters. The van der Waals surface area contributed by atoms with Crippen LogP contribution in [0.2, 0.25) is 0 Å². The number of rotatable bonds is 4. The third kappa shape index (κ3) is 2.94. The summed E-state index contributed by atoms with van der Waals surface area (Å²) in [5.74, 6) is 1.32. The molecule has 0 fully saturated rings. The molecule has 0 saturated heterocycles. The third-order valence-electron chi connectivity index (χ3n) is 4.97. The minimum atomic E-state index is -1.51. The van der Waals surface area contributed by atoms with Crippen LogP contribution in [0.1, 0.15) is 30.9 Å². The van der Waals surface area contributed by atoms with Crippen LogP contribution in [-0.2, 0) is 5.60 Å². The van der Waals surface area contributed by atoms with Gasteiger partial charge in [0.2, 0.25) is 0 Å². The fraction of sp³-hybridized carbons (Fsp3) is 0.400. The van der Waals surface area contributed by atoms with Gasteiger partial charge in [0.15, 0.2) is 0 Å². The van der Waals surface area contributed by atoms with Crippen LogP contribution >= 0.6 is 0 Å². The molecule has 134 valence electrons. The van der Waals surface area contributed by atoms with Crippen LogP contribution in [0, 0.1) is 0 Å². The highest BCUT2D eigenvalue weighted by atomic mass is 16.5. The molecule has 1 aliphatic heterocycles. The van der Waals surface area contributed by atoms with Crippen molar-refractivity contribution in [1.82, 2.24) is 0 Å². The number of hydrogen-bond acceptors (Lipinski definition) is 5. The summed E-state index contributed by atoms with van der Waals surface area (Å²) in [4.78, 5) is 0. The quantitative estimate of drug-likeness (QED) is 0.893. The Bertz CT molecular complexity index is 741. The van der Waals surface area contributed by atoms with Crippen LogP contribution < -0.4 is 14.2 Å². The molecule has 3 rings (SSSR count). The Balaban J connectivity index is 2.08. The van der Waals surface area contributed by atoms with Crippen LogP contribution in [0.25, 0.3) is 0 Å². The first-order valence-corrected chi connectivity index (χ1v) is 8.28. The predicted octanol–water partition coefficient (Wildman–Crippen LogP) is 2.84. The van der Waals surface area contributed by atoms with Gasteiger partial charge in [-0.3, -0.25) is 0 Å². The van der Waals surface area contributed by atoms with E-state index in [0.29, 0.717) is 22.8 Å². The molecule has 0 saturated carbocycles. The van der Waals surface area contributed by atoms with Crippen molar-refractivity contribution in [3.05, 3.63) is 53.6 Å². The normalized spacial score (nSPS) is 26.3. The first-order valence-electron chi connectivity index (χ1n) is 8.28. The molecule has 0 spiro atoms. The highest BCUT2D eigenvalue weighted by Crippen LogP contribution is 2.48.